The van der Waals surface area contributed by atoms with Crippen LogP contribution in [-0.2, 0) is 0 Å². The normalized spacial score (nSPS) is 12.9. The smallest absolute Gasteiger partial charge is 0.225 e. The predicted molar refractivity (Wildman–Crippen MR) is 76.5 cm³/mol. The fourth-order valence-corrected chi connectivity index (χ4v) is 1.46. The molecule has 7 nitrogen and oxygen atoms in total. The van der Waals surface area contributed by atoms with E-state index in [4.69, 9.17) is 22.6 Å². The Morgan fingerprint density at radius 3 is 2.44 bits per heavy atom. The number of aliphatic imine (C=N–C) groups is 2. The molecule has 0 aliphatic rings. The van der Waals surface area contributed by atoms with E-state index in [0.717, 1.165) is 12.8 Å². The molecule has 0 bridgehead atoms. The van der Waals surface area contributed by atoms with Crippen LogP contribution in [0.15, 0.2) is 9.98 Å². The summed E-state index contributed by atoms with van der Waals surface area (Å²) in [5.41, 5.74) is 15.9. The van der Waals surface area contributed by atoms with Crippen molar-refractivity contribution in [2.45, 2.75) is 39.5 Å². The van der Waals surface area contributed by atoms with Gasteiger partial charge in [-0.2, -0.15) is 4.99 Å². The molecular weight excluding hydrogens is 230 g/mol. The number of nitrogens with two attached hydrogens (primary N) is 3. The third kappa shape index (κ3) is 8.37. The fourth-order valence-electron chi connectivity index (χ4n) is 1.46. The van der Waals surface area contributed by atoms with Crippen LogP contribution in [0.25, 0.3) is 0 Å². The topological polar surface area (TPSA) is 139 Å². The van der Waals surface area contributed by atoms with Gasteiger partial charge in [-0.3, -0.25) is 15.7 Å². The Kier molecular flexibility index (Phi) is 8.34. The van der Waals surface area contributed by atoms with Crippen LogP contribution >= 0.6 is 0 Å². The third-order valence-electron chi connectivity index (χ3n) is 2.55. The van der Waals surface area contributed by atoms with Gasteiger partial charge < -0.3 is 17.2 Å². The third-order valence-corrected chi connectivity index (χ3v) is 2.55. The van der Waals surface area contributed by atoms with Crippen molar-refractivity contribution in [2.24, 2.45) is 33.1 Å². The average Bonchev–Trinajstić information content (AvgIpc) is 2.28. The molecular formula is C11H25N7. The van der Waals surface area contributed by atoms with E-state index in [1.807, 2.05) is 0 Å². The second kappa shape index (κ2) is 9.26. The quantitative estimate of drug-likeness (QED) is 0.344. The zero-order chi connectivity index (χ0) is 14.0. The van der Waals surface area contributed by atoms with E-state index in [9.17, 15) is 0 Å². The number of guanidine groups is 3. The molecule has 1 atom stereocenters. The summed E-state index contributed by atoms with van der Waals surface area (Å²) in [6.07, 6.45) is 4.60. The van der Waals surface area contributed by atoms with Gasteiger partial charge >= 0.3 is 0 Å². The first-order valence-corrected chi connectivity index (χ1v) is 6.24. The lowest BCUT2D eigenvalue weighted by Crippen LogP contribution is -2.38. The van der Waals surface area contributed by atoms with Crippen LogP contribution in [0.4, 0.5) is 0 Å². The second-order valence-corrected chi connectivity index (χ2v) is 4.15. The summed E-state index contributed by atoms with van der Waals surface area (Å²) in [6.45, 7) is 4.97. The first-order valence-electron chi connectivity index (χ1n) is 6.24. The van der Waals surface area contributed by atoms with Crippen molar-refractivity contribution in [3.05, 3.63) is 0 Å². The predicted octanol–water partition coefficient (Wildman–Crippen LogP) is 0.315. The van der Waals surface area contributed by atoms with Gasteiger partial charge in [0.1, 0.15) is 0 Å². The summed E-state index contributed by atoms with van der Waals surface area (Å²) in [5, 5.41) is 9.88. The van der Waals surface area contributed by atoms with Crippen molar-refractivity contribution in [3.63, 3.8) is 0 Å². The SMILES string of the molecule is CCCCC(CC)CN=C(N)NC(=N)N=C(N)N. The van der Waals surface area contributed by atoms with Crippen LogP contribution in [0, 0.1) is 11.3 Å². The molecule has 0 aliphatic carbocycles. The van der Waals surface area contributed by atoms with E-state index in [-0.39, 0.29) is 17.9 Å². The number of nitrogens with zero attached hydrogens (tertiary/aromatic N) is 2. The summed E-state index contributed by atoms with van der Waals surface area (Å²) in [6, 6.07) is 0. The Balaban J connectivity index is 4.16. The maximum absolute atomic E-state index is 7.37. The zero-order valence-corrected chi connectivity index (χ0v) is 11.2. The molecule has 18 heavy (non-hydrogen) atoms. The van der Waals surface area contributed by atoms with E-state index < -0.39 is 0 Å². The molecule has 0 amide bonds. The van der Waals surface area contributed by atoms with E-state index >= 15 is 0 Å². The summed E-state index contributed by atoms with van der Waals surface area (Å²) in [7, 11) is 0. The van der Waals surface area contributed by atoms with E-state index in [0.29, 0.717) is 12.5 Å². The Bertz CT molecular complexity index is 305. The van der Waals surface area contributed by atoms with E-state index in [1.165, 1.54) is 12.8 Å². The maximum Gasteiger partial charge on any atom is 0.225 e. The number of hydrogen-bond donors (Lipinski definition) is 5. The molecule has 0 rings (SSSR count). The highest BCUT2D eigenvalue weighted by molar-refractivity contribution is 6.01. The van der Waals surface area contributed by atoms with Crippen molar-refractivity contribution in [3.8, 4) is 0 Å². The van der Waals surface area contributed by atoms with Crippen LogP contribution in [0.5, 0.6) is 0 Å². The van der Waals surface area contributed by atoms with Gasteiger partial charge in [0, 0.05) is 6.54 Å². The molecule has 0 saturated heterocycles. The molecule has 104 valence electrons. The molecule has 0 heterocycles. The second-order valence-electron chi connectivity index (χ2n) is 4.15. The van der Waals surface area contributed by atoms with Crippen LogP contribution in [-0.4, -0.2) is 24.4 Å². The summed E-state index contributed by atoms with van der Waals surface area (Å²) < 4.78 is 0. The lowest BCUT2D eigenvalue weighted by Gasteiger charge is -2.12. The first-order chi connectivity index (χ1) is 8.49. The van der Waals surface area contributed by atoms with Crippen LogP contribution in [0.1, 0.15) is 39.5 Å². The highest BCUT2D eigenvalue weighted by Gasteiger charge is 2.05. The van der Waals surface area contributed by atoms with E-state index in [2.05, 4.69) is 29.1 Å². The van der Waals surface area contributed by atoms with Crippen molar-refractivity contribution < 1.29 is 0 Å². The largest absolute Gasteiger partial charge is 0.370 e. The van der Waals surface area contributed by atoms with Gasteiger partial charge in [-0.15, -0.1) is 0 Å². The van der Waals surface area contributed by atoms with Gasteiger partial charge in [0.15, 0.2) is 11.9 Å². The summed E-state index contributed by atoms with van der Waals surface area (Å²) >= 11 is 0. The van der Waals surface area contributed by atoms with Crippen molar-refractivity contribution in [2.75, 3.05) is 6.54 Å². The average molecular weight is 255 g/mol. The Labute approximate surface area is 108 Å². The minimum absolute atomic E-state index is 0.167. The minimum atomic E-state index is -0.210. The molecule has 0 fully saturated rings. The molecule has 1 unspecified atom stereocenters. The van der Waals surface area contributed by atoms with Gasteiger partial charge in [-0.05, 0) is 12.3 Å². The maximum atomic E-state index is 7.37. The molecule has 0 aromatic heterocycles. The van der Waals surface area contributed by atoms with Crippen molar-refractivity contribution in [1.29, 1.82) is 5.41 Å². The Morgan fingerprint density at radius 2 is 1.94 bits per heavy atom. The molecule has 0 aromatic rings. The lowest BCUT2D eigenvalue weighted by molar-refractivity contribution is 0.462. The minimum Gasteiger partial charge on any atom is -0.370 e. The molecule has 8 N–H and O–H groups in total. The molecule has 0 aromatic carbocycles. The van der Waals surface area contributed by atoms with Gasteiger partial charge in [0.25, 0.3) is 0 Å². The van der Waals surface area contributed by atoms with Crippen LogP contribution in [0.2, 0.25) is 0 Å². The van der Waals surface area contributed by atoms with Crippen LogP contribution in [0.3, 0.4) is 0 Å². The number of rotatable bonds is 6. The lowest BCUT2D eigenvalue weighted by atomic mass is 10.00. The first kappa shape index (κ1) is 16.2. The molecule has 0 spiro atoms. The molecule has 7 heteroatoms. The Hall–Kier alpha value is -1.79. The summed E-state index contributed by atoms with van der Waals surface area (Å²) in [5.74, 6) is 0.301. The number of hydrogen-bond acceptors (Lipinski definition) is 2. The van der Waals surface area contributed by atoms with Gasteiger partial charge in [-0.25, -0.2) is 0 Å². The highest BCUT2D eigenvalue weighted by atomic mass is 15.2. The van der Waals surface area contributed by atoms with Crippen molar-refractivity contribution >= 4 is 17.9 Å². The molecule has 0 radical (unpaired) electrons. The van der Waals surface area contributed by atoms with E-state index in [1.54, 1.807) is 0 Å². The van der Waals surface area contributed by atoms with Gasteiger partial charge in [0.05, 0.1) is 0 Å². The molecule has 0 saturated carbocycles. The van der Waals surface area contributed by atoms with Crippen LogP contribution < -0.4 is 22.5 Å². The Morgan fingerprint density at radius 1 is 1.28 bits per heavy atom. The summed E-state index contributed by atoms with van der Waals surface area (Å²) in [4.78, 5) is 7.68. The zero-order valence-electron chi connectivity index (χ0n) is 11.2. The van der Waals surface area contributed by atoms with Crippen molar-refractivity contribution in [1.82, 2.24) is 5.32 Å². The fraction of sp³-hybridized carbons (Fsp3) is 0.727. The highest BCUT2D eigenvalue weighted by Crippen LogP contribution is 2.12. The standard InChI is InChI=1S/C11H25N7/c1-3-5-6-8(4-2)7-16-10(14)18-11(15)17-9(12)13/h8H,3-7H2,1-2H3,(H8,12,13,14,15,16,17,18). The number of unbranched alkanes of at least 4 members (excludes halogenated alkanes) is 1. The number of nitrogens with one attached hydrogen (secondary N) is 2. The molecule has 0 aliphatic heterocycles. The van der Waals surface area contributed by atoms with Gasteiger partial charge in [-0.1, -0.05) is 33.1 Å². The monoisotopic (exact) mass is 255 g/mol. The van der Waals surface area contributed by atoms with Gasteiger partial charge in [0.2, 0.25) is 5.96 Å².